The largest absolute Gasteiger partial charge is 0.0622 e. The normalized spacial score (nSPS) is 12.2. The van der Waals surface area contributed by atoms with E-state index in [1.54, 1.807) is 0 Å². The first kappa shape index (κ1) is 17.7. The Bertz CT molecular complexity index is 923. The summed E-state index contributed by atoms with van der Waals surface area (Å²) in [5, 5.41) is 0. The molecule has 0 nitrogen and oxygen atoms in total. The maximum absolute atomic E-state index is 2.21. The molecule has 26 heavy (non-hydrogen) atoms. The Hall–Kier alpha value is -3.12. The van der Waals surface area contributed by atoms with Gasteiger partial charge in [0.2, 0.25) is 0 Å². The molecule has 0 unspecified atom stereocenters. The van der Waals surface area contributed by atoms with Crippen molar-refractivity contribution in [1.82, 2.24) is 0 Å². The van der Waals surface area contributed by atoms with Crippen LogP contribution in [0.25, 0.3) is 18.2 Å². The second-order valence-corrected chi connectivity index (χ2v) is 6.55. The Kier molecular flexibility index (Phi) is 6.01. The number of rotatable bonds is 5. The molecule has 0 radical (unpaired) electrons. The molecule has 0 heteroatoms. The van der Waals surface area contributed by atoms with Crippen LogP contribution in [0.15, 0.2) is 96.6 Å². The summed E-state index contributed by atoms with van der Waals surface area (Å²) >= 11 is 0. The molecule has 0 aliphatic carbocycles. The molecule has 0 aliphatic rings. The molecular weight excluding hydrogens is 312 g/mol. The van der Waals surface area contributed by atoms with Crippen LogP contribution in [0, 0.1) is 13.8 Å². The van der Waals surface area contributed by atoms with Crippen molar-refractivity contribution in [3.8, 4) is 0 Å². The van der Waals surface area contributed by atoms with Crippen LogP contribution in [-0.4, -0.2) is 0 Å². The van der Waals surface area contributed by atoms with E-state index in [4.69, 9.17) is 0 Å². The van der Waals surface area contributed by atoms with E-state index in [-0.39, 0.29) is 0 Å². The van der Waals surface area contributed by atoms with Gasteiger partial charge < -0.3 is 0 Å². The minimum absolute atomic E-state index is 1.17. The zero-order chi connectivity index (χ0) is 18.2. The first-order valence-corrected chi connectivity index (χ1v) is 8.95. The monoisotopic (exact) mass is 336 g/mol. The lowest BCUT2D eigenvalue weighted by atomic mass is 10.1. The van der Waals surface area contributed by atoms with Gasteiger partial charge in [-0.15, -0.1) is 0 Å². The van der Waals surface area contributed by atoms with Crippen LogP contribution in [0.2, 0.25) is 0 Å². The Morgan fingerprint density at radius 2 is 1.23 bits per heavy atom. The van der Waals surface area contributed by atoms with Crippen LogP contribution in [0.5, 0.6) is 0 Å². The van der Waals surface area contributed by atoms with Crippen LogP contribution < -0.4 is 0 Å². The van der Waals surface area contributed by atoms with Crippen LogP contribution in [0.1, 0.15) is 27.8 Å². The second kappa shape index (κ2) is 8.82. The Labute approximate surface area is 156 Å². The summed E-state index contributed by atoms with van der Waals surface area (Å²) in [6.45, 7) is 4.23. The van der Waals surface area contributed by atoms with Crippen molar-refractivity contribution in [2.24, 2.45) is 0 Å². The summed E-state index contributed by atoms with van der Waals surface area (Å²) in [4.78, 5) is 0. The SMILES string of the molecule is Cc1ccc(C=C(C=Cc2ccccc2)C=Cc2cccc(C)c2)cc1. The molecule has 0 N–H and O–H groups in total. The molecule has 0 atom stereocenters. The van der Waals surface area contributed by atoms with Crippen molar-refractivity contribution in [2.75, 3.05) is 0 Å². The minimum Gasteiger partial charge on any atom is -0.0622 e. The Morgan fingerprint density at radius 3 is 1.92 bits per heavy atom. The highest BCUT2D eigenvalue weighted by molar-refractivity contribution is 5.68. The van der Waals surface area contributed by atoms with E-state index in [0.29, 0.717) is 0 Å². The topological polar surface area (TPSA) is 0 Å². The van der Waals surface area contributed by atoms with E-state index in [1.165, 1.54) is 33.4 Å². The summed E-state index contributed by atoms with van der Waals surface area (Å²) in [6, 6.07) is 27.5. The average Bonchev–Trinajstić information content (AvgIpc) is 2.66. The highest BCUT2D eigenvalue weighted by Crippen LogP contribution is 2.15. The Morgan fingerprint density at radius 1 is 0.577 bits per heavy atom. The number of allylic oxidation sites excluding steroid dienone is 3. The van der Waals surface area contributed by atoms with E-state index in [1.807, 2.05) is 6.07 Å². The van der Waals surface area contributed by atoms with Crippen LogP contribution >= 0.6 is 0 Å². The lowest BCUT2D eigenvalue weighted by molar-refractivity contribution is 1.46. The van der Waals surface area contributed by atoms with Gasteiger partial charge in [-0.05, 0) is 42.2 Å². The summed E-state index contributed by atoms with van der Waals surface area (Å²) in [5.74, 6) is 0. The van der Waals surface area contributed by atoms with Gasteiger partial charge in [0.05, 0.1) is 0 Å². The zero-order valence-corrected chi connectivity index (χ0v) is 15.4. The van der Waals surface area contributed by atoms with Crippen LogP contribution in [0.3, 0.4) is 0 Å². The molecule has 128 valence electrons. The maximum atomic E-state index is 2.21. The van der Waals surface area contributed by atoms with Gasteiger partial charge in [0, 0.05) is 0 Å². The van der Waals surface area contributed by atoms with Crippen LogP contribution in [0.4, 0.5) is 0 Å². The van der Waals surface area contributed by atoms with Gasteiger partial charge in [0.15, 0.2) is 0 Å². The van der Waals surface area contributed by atoms with Crippen molar-refractivity contribution in [3.63, 3.8) is 0 Å². The standard InChI is InChI=1S/C26H24/c1-21-11-13-25(14-12-21)20-26(16-15-23-8-4-3-5-9-23)18-17-24-10-6-7-22(2)19-24/h3-20H,1-2H3. The predicted octanol–water partition coefficient (Wildman–Crippen LogP) is 7.11. The molecule has 0 amide bonds. The fourth-order valence-corrected chi connectivity index (χ4v) is 2.73. The third kappa shape index (κ3) is 5.46. The van der Waals surface area contributed by atoms with E-state index in [0.717, 1.165) is 0 Å². The van der Waals surface area contributed by atoms with Gasteiger partial charge >= 0.3 is 0 Å². The van der Waals surface area contributed by atoms with Gasteiger partial charge in [-0.1, -0.05) is 114 Å². The summed E-state index contributed by atoms with van der Waals surface area (Å²) < 4.78 is 0. The molecule has 3 aromatic rings. The predicted molar refractivity (Wildman–Crippen MR) is 115 cm³/mol. The quantitative estimate of drug-likeness (QED) is 0.435. The lowest BCUT2D eigenvalue weighted by Crippen LogP contribution is -1.79. The number of aryl methyl sites for hydroxylation is 2. The maximum Gasteiger partial charge on any atom is -0.0250 e. The first-order chi connectivity index (χ1) is 12.7. The summed E-state index contributed by atoms with van der Waals surface area (Å²) in [5.41, 5.74) is 7.34. The van der Waals surface area contributed by atoms with Gasteiger partial charge in [-0.3, -0.25) is 0 Å². The number of hydrogen-bond acceptors (Lipinski definition) is 0. The van der Waals surface area contributed by atoms with Gasteiger partial charge in [-0.2, -0.15) is 0 Å². The van der Waals surface area contributed by atoms with E-state index >= 15 is 0 Å². The molecule has 0 aliphatic heterocycles. The summed E-state index contributed by atoms with van der Waals surface area (Å²) in [7, 11) is 0. The van der Waals surface area contributed by atoms with Crippen molar-refractivity contribution < 1.29 is 0 Å². The zero-order valence-electron chi connectivity index (χ0n) is 15.4. The fraction of sp³-hybridized carbons (Fsp3) is 0.0769. The van der Waals surface area contributed by atoms with Gasteiger partial charge in [0.25, 0.3) is 0 Å². The van der Waals surface area contributed by atoms with Gasteiger partial charge in [0.1, 0.15) is 0 Å². The molecule has 3 rings (SSSR count). The molecule has 0 bridgehead atoms. The Balaban J connectivity index is 1.90. The molecule has 0 aromatic heterocycles. The molecule has 0 spiro atoms. The molecule has 0 saturated carbocycles. The average molecular weight is 336 g/mol. The molecule has 0 heterocycles. The van der Waals surface area contributed by atoms with E-state index < -0.39 is 0 Å². The van der Waals surface area contributed by atoms with Crippen molar-refractivity contribution in [1.29, 1.82) is 0 Å². The summed E-state index contributed by atoms with van der Waals surface area (Å²) in [6.07, 6.45) is 10.9. The molecular formula is C26H24. The van der Waals surface area contributed by atoms with E-state index in [9.17, 15) is 0 Å². The first-order valence-electron chi connectivity index (χ1n) is 8.95. The third-order valence-corrected chi connectivity index (χ3v) is 4.19. The van der Waals surface area contributed by atoms with E-state index in [2.05, 4.69) is 117 Å². The van der Waals surface area contributed by atoms with Crippen molar-refractivity contribution in [2.45, 2.75) is 13.8 Å². The lowest BCUT2D eigenvalue weighted by Gasteiger charge is -2.00. The number of benzene rings is 3. The fourth-order valence-electron chi connectivity index (χ4n) is 2.73. The third-order valence-electron chi connectivity index (χ3n) is 4.19. The second-order valence-electron chi connectivity index (χ2n) is 6.55. The molecule has 3 aromatic carbocycles. The number of hydrogen-bond donors (Lipinski definition) is 0. The highest BCUT2D eigenvalue weighted by atomic mass is 14.0. The molecule has 0 fully saturated rings. The smallest absolute Gasteiger partial charge is 0.0250 e. The van der Waals surface area contributed by atoms with Crippen molar-refractivity contribution in [3.05, 3.63) is 124 Å². The van der Waals surface area contributed by atoms with Crippen LogP contribution in [-0.2, 0) is 0 Å². The highest BCUT2D eigenvalue weighted by Gasteiger charge is 1.93. The van der Waals surface area contributed by atoms with Gasteiger partial charge in [-0.25, -0.2) is 0 Å². The molecule has 0 saturated heterocycles. The van der Waals surface area contributed by atoms with Crippen molar-refractivity contribution >= 4 is 18.2 Å². The minimum atomic E-state index is 1.17.